The minimum atomic E-state index is 0.148. The van der Waals surface area contributed by atoms with Crippen LogP contribution in [0.2, 0.25) is 0 Å². The van der Waals surface area contributed by atoms with Gasteiger partial charge in [-0.3, -0.25) is 4.79 Å². The Hall–Kier alpha value is -1.61. The van der Waals surface area contributed by atoms with Gasteiger partial charge in [0.15, 0.2) is 5.78 Å². The zero-order valence-corrected chi connectivity index (χ0v) is 10.0. The fraction of sp³-hybridized carbons (Fsp3) is 0.357. The molecule has 88 valence electrons. The van der Waals surface area contributed by atoms with Crippen LogP contribution in [0.5, 0.6) is 0 Å². The molecule has 0 spiro atoms. The molecule has 1 fully saturated rings. The average molecular weight is 228 g/mol. The number of rotatable bonds is 1. The fourth-order valence-corrected chi connectivity index (χ4v) is 2.51. The zero-order valence-electron chi connectivity index (χ0n) is 10.0. The molecular weight excluding hydrogens is 212 g/mol. The van der Waals surface area contributed by atoms with E-state index in [0.29, 0.717) is 0 Å². The van der Waals surface area contributed by atoms with Crippen LogP contribution in [0.25, 0.3) is 5.70 Å². The Bertz CT molecular complexity index is 485. The molecule has 3 nitrogen and oxygen atoms in total. The number of allylic oxidation sites excluding steroid dienone is 1. The van der Waals surface area contributed by atoms with Crippen molar-refractivity contribution in [3.63, 3.8) is 0 Å². The fourth-order valence-electron chi connectivity index (χ4n) is 2.51. The Morgan fingerprint density at radius 1 is 1.00 bits per heavy atom. The van der Waals surface area contributed by atoms with Crippen molar-refractivity contribution in [2.24, 2.45) is 0 Å². The van der Waals surface area contributed by atoms with Gasteiger partial charge in [-0.25, -0.2) is 0 Å². The summed E-state index contributed by atoms with van der Waals surface area (Å²) in [5.41, 5.74) is 3.06. The van der Waals surface area contributed by atoms with Crippen molar-refractivity contribution in [2.45, 2.75) is 0 Å². The summed E-state index contributed by atoms with van der Waals surface area (Å²) >= 11 is 0. The molecule has 1 heterocycles. The molecule has 3 rings (SSSR count). The van der Waals surface area contributed by atoms with E-state index in [1.165, 1.54) is 0 Å². The zero-order chi connectivity index (χ0) is 11.8. The number of likely N-dealkylation sites (N-methyl/N-ethyl adjacent to an activating group) is 1. The summed E-state index contributed by atoms with van der Waals surface area (Å²) in [6.07, 6.45) is 1.79. The van der Waals surface area contributed by atoms with Gasteiger partial charge in [-0.2, -0.15) is 0 Å². The van der Waals surface area contributed by atoms with Crippen LogP contribution in [0.15, 0.2) is 30.3 Å². The molecule has 1 aromatic carbocycles. The van der Waals surface area contributed by atoms with E-state index < -0.39 is 0 Å². The maximum atomic E-state index is 11.9. The van der Waals surface area contributed by atoms with Gasteiger partial charge in [0.25, 0.3) is 0 Å². The van der Waals surface area contributed by atoms with Crippen LogP contribution in [-0.2, 0) is 0 Å². The van der Waals surface area contributed by atoms with E-state index in [1.807, 2.05) is 24.3 Å². The van der Waals surface area contributed by atoms with E-state index in [-0.39, 0.29) is 5.78 Å². The molecule has 0 N–H and O–H groups in total. The molecule has 1 aliphatic carbocycles. The third kappa shape index (κ3) is 1.76. The van der Waals surface area contributed by atoms with E-state index in [1.54, 1.807) is 6.08 Å². The molecule has 1 saturated heterocycles. The van der Waals surface area contributed by atoms with Crippen LogP contribution < -0.4 is 0 Å². The number of hydrogen-bond donors (Lipinski definition) is 0. The lowest BCUT2D eigenvalue weighted by Crippen LogP contribution is -2.43. The lowest BCUT2D eigenvalue weighted by molar-refractivity contribution is 0.104. The molecule has 0 amide bonds. The molecule has 2 aliphatic rings. The second-order valence-corrected chi connectivity index (χ2v) is 4.73. The minimum absolute atomic E-state index is 0.148. The summed E-state index contributed by atoms with van der Waals surface area (Å²) < 4.78 is 0. The second-order valence-electron chi connectivity index (χ2n) is 4.73. The van der Waals surface area contributed by atoms with Gasteiger partial charge in [0.2, 0.25) is 0 Å². The Labute approximate surface area is 101 Å². The van der Waals surface area contributed by atoms with Gasteiger partial charge in [-0.15, -0.1) is 0 Å². The summed E-state index contributed by atoms with van der Waals surface area (Å²) in [6.45, 7) is 4.13. The standard InChI is InChI=1S/C14H16N2O/c1-15-6-8-16(9-7-15)13-10-14(17)12-5-3-2-4-11(12)13/h2-5,10H,6-9H2,1H3. The third-order valence-electron chi connectivity index (χ3n) is 3.58. The minimum Gasteiger partial charge on any atom is -0.368 e. The molecule has 0 aromatic heterocycles. The first-order chi connectivity index (χ1) is 8.25. The molecule has 3 heteroatoms. The van der Waals surface area contributed by atoms with E-state index in [2.05, 4.69) is 16.8 Å². The van der Waals surface area contributed by atoms with E-state index in [4.69, 9.17) is 0 Å². The van der Waals surface area contributed by atoms with Gasteiger partial charge in [-0.05, 0) is 7.05 Å². The molecule has 17 heavy (non-hydrogen) atoms. The summed E-state index contributed by atoms with van der Waals surface area (Å²) in [5.74, 6) is 0.148. The number of fused-ring (bicyclic) bond motifs is 1. The number of piperazine rings is 1. The Balaban J connectivity index is 1.90. The van der Waals surface area contributed by atoms with Crippen LogP contribution >= 0.6 is 0 Å². The Kier molecular flexibility index (Phi) is 2.48. The van der Waals surface area contributed by atoms with Crippen molar-refractivity contribution in [1.82, 2.24) is 9.80 Å². The molecule has 1 aliphatic heterocycles. The van der Waals surface area contributed by atoms with Crippen molar-refractivity contribution in [3.05, 3.63) is 41.5 Å². The van der Waals surface area contributed by atoms with Crippen LogP contribution in [0.4, 0.5) is 0 Å². The molecule has 0 atom stereocenters. The first-order valence-corrected chi connectivity index (χ1v) is 6.04. The second kappa shape index (κ2) is 4.00. The van der Waals surface area contributed by atoms with Crippen LogP contribution in [-0.4, -0.2) is 48.8 Å². The van der Waals surface area contributed by atoms with Gasteiger partial charge in [0.1, 0.15) is 0 Å². The van der Waals surface area contributed by atoms with E-state index in [0.717, 1.165) is 43.0 Å². The number of ketones is 1. The highest BCUT2D eigenvalue weighted by molar-refractivity contribution is 6.16. The van der Waals surface area contributed by atoms with Crippen molar-refractivity contribution >= 4 is 11.5 Å². The maximum absolute atomic E-state index is 11.9. The maximum Gasteiger partial charge on any atom is 0.188 e. The monoisotopic (exact) mass is 228 g/mol. The number of nitrogens with zero attached hydrogens (tertiary/aromatic N) is 2. The number of carbonyl (C=O) groups is 1. The summed E-state index contributed by atoms with van der Waals surface area (Å²) in [6, 6.07) is 7.89. The largest absolute Gasteiger partial charge is 0.368 e. The summed E-state index contributed by atoms with van der Waals surface area (Å²) in [4.78, 5) is 16.5. The quantitative estimate of drug-likeness (QED) is 0.727. The summed E-state index contributed by atoms with van der Waals surface area (Å²) in [7, 11) is 2.14. The van der Waals surface area contributed by atoms with Gasteiger partial charge in [-0.1, -0.05) is 24.3 Å². The third-order valence-corrected chi connectivity index (χ3v) is 3.58. The van der Waals surface area contributed by atoms with Crippen LogP contribution in [0.1, 0.15) is 15.9 Å². The summed E-state index contributed by atoms with van der Waals surface area (Å²) in [5, 5.41) is 0. The van der Waals surface area contributed by atoms with Crippen molar-refractivity contribution < 1.29 is 4.79 Å². The number of carbonyl (C=O) groups excluding carboxylic acids is 1. The van der Waals surface area contributed by atoms with Crippen molar-refractivity contribution in [2.75, 3.05) is 33.2 Å². The SMILES string of the molecule is CN1CCN(C2=CC(=O)c3ccccc32)CC1. The van der Waals surface area contributed by atoms with Crippen molar-refractivity contribution in [3.8, 4) is 0 Å². The van der Waals surface area contributed by atoms with Crippen LogP contribution in [0.3, 0.4) is 0 Å². The smallest absolute Gasteiger partial charge is 0.188 e. The van der Waals surface area contributed by atoms with E-state index >= 15 is 0 Å². The number of benzene rings is 1. The lowest BCUT2D eigenvalue weighted by Gasteiger charge is -2.34. The van der Waals surface area contributed by atoms with Gasteiger partial charge >= 0.3 is 0 Å². The van der Waals surface area contributed by atoms with Crippen molar-refractivity contribution in [1.29, 1.82) is 0 Å². The lowest BCUT2D eigenvalue weighted by atomic mass is 10.1. The molecule has 0 unspecified atom stereocenters. The Morgan fingerprint density at radius 2 is 1.65 bits per heavy atom. The highest BCUT2D eigenvalue weighted by Gasteiger charge is 2.26. The molecule has 0 saturated carbocycles. The average Bonchev–Trinajstić information content (AvgIpc) is 2.69. The highest BCUT2D eigenvalue weighted by Crippen LogP contribution is 2.30. The number of hydrogen-bond acceptors (Lipinski definition) is 3. The molecule has 0 bridgehead atoms. The van der Waals surface area contributed by atoms with Crippen LogP contribution in [0, 0.1) is 0 Å². The molecular formula is C14H16N2O. The molecule has 0 radical (unpaired) electrons. The predicted octanol–water partition coefficient (Wildman–Crippen LogP) is 1.47. The van der Waals surface area contributed by atoms with Gasteiger partial charge in [0.05, 0.1) is 0 Å². The molecule has 1 aromatic rings. The van der Waals surface area contributed by atoms with E-state index in [9.17, 15) is 4.79 Å². The van der Waals surface area contributed by atoms with Gasteiger partial charge < -0.3 is 9.80 Å². The predicted molar refractivity (Wildman–Crippen MR) is 67.8 cm³/mol. The normalized spacial score (nSPS) is 20.4. The Morgan fingerprint density at radius 3 is 2.35 bits per heavy atom. The highest BCUT2D eigenvalue weighted by atomic mass is 16.1. The first-order valence-electron chi connectivity index (χ1n) is 6.04. The van der Waals surface area contributed by atoms with Gasteiger partial charge in [0, 0.05) is 49.1 Å². The first kappa shape index (κ1) is 10.5. The topological polar surface area (TPSA) is 23.6 Å².